The predicted molar refractivity (Wildman–Crippen MR) is 172 cm³/mol. The molecule has 2 aliphatic heterocycles. The van der Waals surface area contributed by atoms with E-state index in [0.717, 1.165) is 76.1 Å². The highest BCUT2D eigenvalue weighted by molar-refractivity contribution is 5.96. The zero-order valence-corrected chi connectivity index (χ0v) is 25.8. The van der Waals surface area contributed by atoms with E-state index in [-0.39, 0.29) is 24.8 Å². The van der Waals surface area contributed by atoms with E-state index < -0.39 is 0 Å². The van der Waals surface area contributed by atoms with Crippen LogP contribution in [-0.4, -0.2) is 41.8 Å². The van der Waals surface area contributed by atoms with Crippen LogP contribution >= 0.6 is 24.8 Å². The number of nitrogens with zero attached hydrogens (tertiary/aromatic N) is 3. The maximum absolute atomic E-state index is 13.1. The molecule has 5 rings (SSSR count). The number of rotatable bonds is 9. The van der Waals surface area contributed by atoms with E-state index >= 15 is 0 Å². The second-order valence-corrected chi connectivity index (χ2v) is 11.5. The Balaban J connectivity index is 0.00000231. The van der Waals surface area contributed by atoms with Crippen molar-refractivity contribution in [3.63, 3.8) is 0 Å². The summed E-state index contributed by atoms with van der Waals surface area (Å²) in [5.41, 5.74) is 8.40. The fraction of sp³-hybridized carbons (Fsp3) is 0.429. The van der Waals surface area contributed by atoms with Gasteiger partial charge in [-0.25, -0.2) is 0 Å². The van der Waals surface area contributed by atoms with Crippen LogP contribution in [0, 0.1) is 24.2 Å². The maximum Gasteiger partial charge on any atom is 0.162 e. The Morgan fingerprint density at radius 3 is 2.34 bits per heavy atom. The molecule has 1 fully saturated rings. The maximum atomic E-state index is 13.1. The number of benzene rings is 3. The number of aryl methyl sites for hydroxylation is 1. The molecule has 3 aromatic rings. The fourth-order valence-corrected chi connectivity index (χ4v) is 6.26. The molecule has 1 saturated heterocycles. The van der Waals surface area contributed by atoms with Gasteiger partial charge in [0.25, 0.3) is 0 Å². The third-order valence-electron chi connectivity index (χ3n) is 8.76. The minimum Gasteiger partial charge on any atom is -0.299 e. The van der Waals surface area contributed by atoms with Crippen LogP contribution in [0.4, 0.5) is 0 Å². The molecule has 0 bridgehead atoms. The minimum atomic E-state index is 0. The number of hydrogen-bond acceptors (Lipinski definition) is 4. The Kier molecular flexibility index (Phi) is 12.9. The molecule has 2 aliphatic rings. The molecular formula is C35H43Cl2N3O. The second-order valence-electron chi connectivity index (χ2n) is 11.5. The molecule has 0 atom stereocenters. The third kappa shape index (κ3) is 9.15. The van der Waals surface area contributed by atoms with Crippen molar-refractivity contribution < 1.29 is 4.79 Å². The molecule has 6 heteroatoms. The topological polar surface area (TPSA) is 47.3 Å². The van der Waals surface area contributed by atoms with E-state index in [1.165, 1.54) is 40.7 Å². The highest BCUT2D eigenvalue weighted by atomic mass is 35.5. The molecule has 0 radical (unpaired) electrons. The molecule has 4 nitrogen and oxygen atoms in total. The number of Topliss-reactive ketones (excluding diaryl/α,β-unsaturated/α-hetero) is 1. The molecule has 41 heavy (non-hydrogen) atoms. The Hall–Kier alpha value is -2.68. The van der Waals surface area contributed by atoms with Gasteiger partial charge in [0.2, 0.25) is 0 Å². The van der Waals surface area contributed by atoms with Gasteiger partial charge in [0.15, 0.2) is 5.78 Å². The summed E-state index contributed by atoms with van der Waals surface area (Å²) >= 11 is 0. The number of carbonyl (C=O) groups is 1. The van der Waals surface area contributed by atoms with Gasteiger partial charge in [-0.05, 0) is 110 Å². The summed E-state index contributed by atoms with van der Waals surface area (Å²) in [4.78, 5) is 18.1. The summed E-state index contributed by atoms with van der Waals surface area (Å²) in [5.74, 6) is 1.01. The van der Waals surface area contributed by atoms with Crippen molar-refractivity contribution in [2.45, 2.75) is 65.0 Å². The van der Waals surface area contributed by atoms with Crippen LogP contribution in [0.1, 0.15) is 75.8 Å². The fourth-order valence-electron chi connectivity index (χ4n) is 6.26. The molecule has 218 valence electrons. The molecule has 2 heterocycles. The quantitative estimate of drug-likeness (QED) is 0.241. The smallest absolute Gasteiger partial charge is 0.162 e. The van der Waals surface area contributed by atoms with E-state index in [0.29, 0.717) is 18.1 Å². The summed E-state index contributed by atoms with van der Waals surface area (Å²) in [6.07, 6.45) is 7.24. The molecule has 0 aromatic heterocycles. The van der Waals surface area contributed by atoms with Gasteiger partial charge in [0.1, 0.15) is 0 Å². The van der Waals surface area contributed by atoms with Crippen LogP contribution in [0.5, 0.6) is 0 Å². The monoisotopic (exact) mass is 591 g/mol. The number of piperidine rings is 1. The SMILES string of the molecule is Cc1ccccc1CN1CCc2ccc(C(=O)CCCC3CCN(Cc4cccc(C#N)c4)CC3)cc2CC1.Cl.Cl. The normalized spacial score (nSPS) is 16.0. The van der Waals surface area contributed by atoms with E-state index in [1.54, 1.807) is 0 Å². The molecule has 0 aliphatic carbocycles. The Labute approximate surface area is 258 Å². The Morgan fingerprint density at radius 2 is 1.59 bits per heavy atom. The number of ketones is 1. The number of hydrogen-bond donors (Lipinski definition) is 0. The van der Waals surface area contributed by atoms with Gasteiger partial charge >= 0.3 is 0 Å². The molecule has 0 saturated carbocycles. The first-order valence-corrected chi connectivity index (χ1v) is 14.7. The van der Waals surface area contributed by atoms with Crippen molar-refractivity contribution in [1.29, 1.82) is 5.26 Å². The number of halogens is 2. The van der Waals surface area contributed by atoms with Crippen molar-refractivity contribution in [1.82, 2.24) is 9.80 Å². The molecule has 0 unspecified atom stereocenters. The van der Waals surface area contributed by atoms with E-state index in [4.69, 9.17) is 5.26 Å². The highest BCUT2D eigenvalue weighted by Crippen LogP contribution is 2.25. The molecule has 0 N–H and O–H groups in total. The van der Waals surface area contributed by atoms with Crippen molar-refractivity contribution in [3.05, 3.63) is 106 Å². The van der Waals surface area contributed by atoms with Crippen LogP contribution in [0.15, 0.2) is 66.7 Å². The predicted octanol–water partition coefficient (Wildman–Crippen LogP) is 7.58. The van der Waals surface area contributed by atoms with Crippen molar-refractivity contribution in [2.75, 3.05) is 26.2 Å². The zero-order chi connectivity index (χ0) is 27.0. The first kappa shape index (κ1) is 32.8. The minimum absolute atomic E-state index is 0. The van der Waals surface area contributed by atoms with Crippen LogP contribution in [0.25, 0.3) is 0 Å². The van der Waals surface area contributed by atoms with Gasteiger partial charge in [0.05, 0.1) is 11.6 Å². The summed E-state index contributed by atoms with van der Waals surface area (Å²) in [6, 6.07) is 25.3. The lowest BCUT2D eigenvalue weighted by Gasteiger charge is -2.32. The summed E-state index contributed by atoms with van der Waals surface area (Å²) in [6.45, 7) is 8.42. The van der Waals surface area contributed by atoms with Crippen molar-refractivity contribution in [2.24, 2.45) is 5.92 Å². The third-order valence-corrected chi connectivity index (χ3v) is 8.76. The number of nitriles is 1. The van der Waals surface area contributed by atoms with Crippen LogP contribution in [0.3, 0.4) is 0 Å². The van der Waals surface area contributed by atoms with Gasteiger partial charge < -0.3 is 0 Å². The zero-order valence-electron chi connectivity index (χ0n) is 24.2. The van der Waals surface area contributed by atoms with Gasteiger partial charge in [-0.3, -0.25) is 14.6 Å². The largest absolute Gasteiger partial charge is 0.299 e. The second kappa shape index (κ2) is 16.1. The molecular weight excluding hydrogens is 549 g/mol. The summed E-state index contributed by atoms with van der Waals surface area (Å²) in [5, 5.41) is 9.13. The molecule has 3 aromatic carbocycles. The summed E-state index contributed by atoms with van der Waals surface area (Å²) in [7, 11) is 0. The van der Waals surface area contributed by atoms with Crippen LogP contribution < -0.4 is 0 Å². The Morgan fingerprint density at radius 1 is 0.854 bits per heavy atom. The van der Waals surface area contributed by atoms with Crippen LogP contribution in [-0.2, 0) is 25.9 Å². The van der Waals surface area contributed by atoms with E-state index in [2.05, 4.69) is 71.3 Å². The van der Waals surface area contributed by atoms with Crippen LogP contribution in [0.2, 0.25) is 0 Å². The van der Waals surface area contributed by atoms with Gasteiger partial charge in [-0.2, -0.15) is 5.26 Å². The lowest BCUT2D eigenvalue weighted by atomic mass is 9.90. The number of likely N-dealkylation sites (tertiary alicyclic amines) is 1. The Bertz CT molecular complexity index is 1330. The number of fused-ring (bicyclic) bond motifs is 1. The van der Waals surface area contributed by atoms with Gasteiger partial charge in [-0.15, -0.1) is 24.8 Å². The highest BCUT2D eigenvalue weighted by Gasteiger charge is 2.20. The van der Waals surface area contributed by atoms with Crippen molar-refractivity contribution >= 4 is 30.6 Å². The summed E-state index contributed by atoms with van der Waals surface area (Å²) < 4.78 is 0. The van der Waals surface area contributed by atoms with Gasteiger partial charge in [-0.1, -0.05) is 48.5 Å². The number of carbonyl (C=O) groups excluding carboxylic acids is 1. The van der Waals surface area contributed by atoms with E-state index in [1.807, 2.05) is 18.2 Å². The average molecular weight is 593 g/mol. The lowest BCUT2D eigenvalue weighted by molar-refractivity contribution is 0.0974. The average Bonchev–Trinajstić information content (AvgIpc) is 3.17. The van der Waals surface area contributed by atoms with Gasteiger partial charge in [0, 0.05) is 38.2 Å². The lowest BCUT2D eigenvalue weighted by Crippen LogP contribution is -2.33. The van der Waals surface area contributed by atoms with Crippen molar-refractivity contribution in [3.8, 4) is 6.07 Å². The molecule has 0 amide bonds. The first-order valence-electron chi connectivity index (χ1n) is 14.7. The standard InChI is InChI=1S/C35H41N3O.2ClH/c1-27-6-2-3-10-34(27)26-38-20-16-31-12-13-33(23-32(31)17-21-38)35(39)11-5-7-28-14-18-37(19-15-28)25-30-9-4-8-29(22-30)24-36;;/h2-4,6,8-10,12-13,22-23,28H,5,7,11,14-21,25-26H2,1H3;2*1H. The first-order chi connectivity index (χ1) is 19.1. The molecule has 0 spiro atoms. The van der Waals surface area contributed by atoms with E-state index in [9.17, 15) is 4.79 Å².